The van der Waals surface area contributed by atoms with E-state index >= 15 is 0 Å². The molecule has 27 heavy (non-hydrogen) atoms. The van der Waals surface area contributed by atoms with Crippen LogP contribution in [0.5, 0.6) is 0 Å². The van der Waals surface area contributed by atoms with Gasteiger partial charge in [0.15, 0.2) is 0 Å². The number of H-pyrrole nitrogens is 1. The maximum atomic E-state index is 13.2. The molecule has 2 atom stereocenters. The van der Waals surface area contributed by atoms with Gasteiger partial charge in [0.25, 0.3) is 0 Å². The summed E-state index contributed by atoms with van der Waals surface area (Å²) in [4.78, 5) is 24.1. The number of alkyl halides is 1. The zero-order valence-electron chi connectivity index (χ0n) is 15.1. The lowest BCUT2D eigenvalue weighted by Gasteiger charge is -2.36. The summed E-state index contributed by atoms with van der Waals surface area (Å²) in [5, 5.41) is 5.28. The predicted molar refractivity (Wildman–Crippen MR) is 100 cm³/mol. The average molecular weight is 368 g/mol. The van der Waals surface area contributed by atoms with Crippen LogP contribution in [0.15, 0.2) is 30.7 Å². The number of piperazine rings is 1. The molecule has 0 aromatic carbocycles. The van der Waals surface area contributed by atoms with Crippen LogP contribution in [0.2, 0.25) is 0 Å². The minimum atomic E-state index is -0.930. The number of fused-ring (bicyclic) bond motifs is 1. The molecule has 1 N–H and O–H groups in total. The molecule has 1 saturated carbocycles. The van der Waals surface area contributed by atoms with Crippen LogP contribution in [0.1, 0.15) is 6.42 Å². The summed E-state index contributed by atoms with van der Waals surface area (Å²) in [6, 6.07) is 4.11. The number of halogens is 1. The van der Waals surface area contributed by atoms with Gasteiger partial charge in [-0.1, -0.05) is 0 Å². The van der Waals surface area contributed by atoms with Crippen molar-refractivity contribution >= 4 is 22.6 Å². The summed E-state index contributed by atoms with van der Waals surface area (Å²) >= 11 is 0. The summed E-state index contributed by atoms with van der Waals surface area (Å²) in [6.07, 6.45) is 5.05. The van der Waals surface area contributed by atoms with Gasteiger partial charge in [-0.3, -0.25) is 9.48 Å². The van der Waals surface area contributed by atoms with E-state index < -0.39 is 12.1 Å². The van der Waals surface area contributed by atoms with Crippen molar-refractivity contribution < 1.29 is 9.18 Å². The molecule has 3 aromatic heterocycles. The second-order valence-corrected chi connectivity index (χ2v) is 7.35. The first-order chi connectivity index (χ1) is 13.1. The molecule has 1 aliphatic carbocycles. The highest BCUT2D eigenvalue weighted by molar-refractivity contribution is 5.94. The zero-order valence-corrected chi connectivity index (χ0v) is 15.1. The second kappa shape index (κ2) is 6.07. The molecule has 3 aromatic rings. The number of rotatable bonds is 3. The van der Waals surface area contributed by atoms with Crippen LogP contribution in [-0.4, -0.2) is 62.9 Å². The van der Waals surface area contributed by atoms with Crippen LogP contribution in [0.4, 0.5) is 10.1 Å². The van der Waals surface area contributed by atoms with E-state index in [1.165, 1.54) is 0 Å². The van der Waals surface area contributed by atoms with Gasteiger partial charge in [0.1, 0.15) is 11.8 Å². The Kier molecular flexibility index (Phi) is 3.66. The van der Waals surface area contributed by atoms with Gasteiger partial charge in [0.2, 0.25) is 5.91 Å². The number of hydrogen-bond donors (Lipinski definition) is 1. The Morgan fingerprint density at radius 1 is 1.30 bits per heavy atom. The Morgan fingerprint density at radius 3 is 2.74 bits per heavy atom. The first-order valence-electron chi connectivity index (χ1n) is 9.25. The van der Waals surface area contributed by atoms with E-state index in [1.54, 1.807) is 15.8 Å². The van der Waals surface area contributed by atoms with Gasteiger partial charge < -0.3 is 14.8 Å². The minimum Gasteiger partial charge on any atom is -0.367 e. The van der Waals surface area contributed by atoms with Gasteiger partial charge in [-0.05, 0) is 18.6 Å². The Balaban J connectivity index is 1.37. The number of aromatic amines is 1. The fraction of sp³-hybridized carbons (Fsp3) is 0.421. The number of aryl methyl sites for hydroxylation is 1. The van der Waals surface area contributed by atoms with Crippen molar-refractivity contribution in [3.05, 3.63) is 30.7 Å². The Bertz CT molecular complexity index is 1000. The Labute approximate surface area is 155 Å². The molecule has 8 heteroatoms. The van der Waals surface area contributed by atoms with E-state index in [1.807, 2.05) is 25.5 Å². The lowest BCUT2D eigenvalue weighted by molar-refractivity contribution is -0.133. The standard InChI is InChI=1S/C19H21FN6O/c1-24-11-12(10-22-24)16-9-14-17(2-3-21-18(14)23-16)25-4-6-26(7-5-25)19(27)13-8-15(13)20/h2-3,9-11,13,15H,4-8H2,1H3,(H,21,23)/t13-,15-/m1/s1. The Hall–Kier alpha value is -2.90. The molecule has 5 rings (SSSR count). The number of amides is 1. The summed E-state index contributed by atoms with van der Waals surface area (Å²) in [5.74, 6) is -0.418. The first kappa shape index (κ1) is 16.3. The average Bonchev–Trinajstić information content (AvgIpc) is 3.07. The highest BCUT2D eigenvalue weighted by Gasteiger charge is 2.46. The number of nitrogens with zero attached hydrogens (tertiary/aromatic N) is 5. The third kappa shape index (κ3) is 2.85. The number of hydrogen-bond acceptors (Lipinski definition) is 4. The maximum Gasteiger partial charge on any atom is 0.228 e. The van der Waals surface area contributed by atoms with Crippen LogP contribution in [0.25, 0.3) is 22.3 Å². The minimum absolute atomic E-state index is 0.0254. The quantitative estimate of drug-likeness (QED) is 0.767. The van der Waals surface area contributed by atoms with E-state index in [0.717, 1.165) is 41.1 Å². The van der Waals surface area contributed by atoms with E-state index in [2.05, 4.69) is 26.0 Å². The molecule has 1 amide bonds. The molecule has 0 spiro atoms. The molecule has 0 radical (unpaired) electrons. The fourth-order valence-corrected chi connectivity index (χ4v) is 3.83. The lowest BCUT2D eigenvalue weighted by Crippen LogP contribution is -2.49. The van der Waals surface area contributed by atoms with E-state index in [9.17, 15) is 9.18 Å². The molecule has 2 aliphatic rings. The SMILES string of the molecule is Cn1cc(-c2cc3c(N4CCN(C(=O)[C@@H]5C[C@H]5F)CC4)ccnc3[nH]2)cn1. The highest BCUT2D eigenvalue weighted by atomic mass is 19.1. The highest BCUT2D eigenvalue weighted by Crippen LogP contribution is 2.36. The van der Waals surface area contributed by atoms with Gasteiger partial charge in [-0.2, -0.15) is 5.10 Å². The molecular formula is C19H21FN6O. The number of nitrogens with one attached hydrogen (secondary N) is 1. The molecule has 1 aliphatic heterocycles. The van der Waals surface area contributed by atoms with Gasteiger partial charge in [-0.25, -0.2) is 9.37 Å². The number of anilines is 1. The van der Waals surface area contributed by atoms with E-state index in [-0.39, 0.29) is 5.91 Å². The van der Waals surface area contributed by atoms with E-state index in [4.69, 9.17) is 0 Å². The molecule has 140 valence electrons. The number of pyridine rings is 1. The summed E-state index contributed by atoms with van der Waals surface area (Å²) in [5.41, 5.74) is 3.94. The predicted octanol–water partition coefficient (Wildman–Crippen LogP) is 1.97. The van der Waals surface area contributed by atoms with Crippen molar-refractivity contribution in [2.45, 2.75) is 12.6 Å². The van der Waals surface area contributed by atoms with Gasteiger partial charge in [0.05, 0.1) is 17.8 Å². The van der Waals surface area contributed by atoms with Crippen molar-refractivity contribution in [2.24, 2.45) is 13.0 Å². The van der Waals surface area contributed by atoms with Crippen molar-refractivity contribution in [3.63, 3.8) is 0 Å². The lowest BCUT2D eigenvalue weighted by atomic mass is 10.2. The molecule has 0 unspecified atom stereocenters. The molecule has 7 nitrogen and oxygen atoms in total. The molecule has 0 bridgehead atoms. The molecular weight excluding hydrogens is 347 g/mol. The van der Waals surface area contributed by atoms with Gasteiger partial charge in [-0.15, -0.1) is 0 Å². The summed E-state index contributed by atoms with van der Waals surface area (Å²) in [6.45, 7) is 2.74. The molecule has 4 heterocycles. The van der Waals surface area contributed by atoms with Crippen molar-refractivity contribution in [3.8, 4) is 11.3 Å². The number of aromatic nitrogens is 4. The van der Waals surface area contributed by atoms with Crippen molar-refractivity contribution in [2.75, 3.05) is 31.1 Å². The van der Waals surface area contributed by atoms with Crippen LogP contribution >= 0.6 is 0 Å². The van der Waals surface area contributed by atoms with Crippen LogP contribution < -0.4 is 4.90 Å². The van der Waals surface area contributed by atoms with Gasteiger partial charge in [0, 0.05) is 62.3 Å². The maximum absolute atomic E-state index is 13.2. The Morgan fingerprint density at radius 2 is 2.07 bits per heavy atom. The molecule has 1 saturated heterocycles. The van der Waals surface area contributed by atoms with Crippen LogP contribution in [0, 0.1) is 5.92 Å². The van der Waals surface area contributed by atoms with E-state index in [0.29, 0.717) is 19.5 Å². The van der Waals surface area contributed by atoms with Crippen LogP contribution in [-0.2, 0) is 11.8 Å². The van der Waals surface area contributed by atoms with Gasteiger partial charge >= 0.3 is 0 Å². The molecule has 2 fully saturated rings. The van der Waals surface area contributed by atoms with Crippen molar-refractivity contribution in [1.82, 2.24) is 24.6 Å². The fourth-order valence-electron chi connectivity index (χ4n) is 3.83. The third-order valence-electron chi connectivity index (χ3n) is 5.49. The largest absolute Gasteiger partial charge is 0.367 e. The summed E-state index contributed by atoms with van der Waals surface area (Å²) < 4.78 is 14.9. The summed E-state index contributed by atoms with van der Waals surface area (Å²) in [7, 11) is 1.89. The second-order valence-electron chi connectivity index (χ2n) is 7.35. The monoisotopic (exact) mass is 368 g/mol. The van der Waals surface area contributed by atoms with Crippen molar-refractivity contribution in [1.29, 1.82) is 0 Å². The number of carbonyl (C=O) groups is 1. The van der Waals surface area contributed by atoms with Crippen LogP contribution in [0.3, 0.4) is 0 Å². The normalized spacial score (nSPS) is 22.4. The topological polar surface area (TPSA) is 70.1 Å². The zero-order chi connectivity index (χ0) is 18.5. The third-order valence-corrected chi connectivity index (χ3v) is 5.49. The number of carbonyl (C=O) groups excluding carboxylic acids is 1. The first-order valence-corrected chi connectivity index (χ1v) is 9.25. The smallest absolute Gasteiger partial charge is 0.228 e.